The van der Waals surface area contributed by atoms with Gasteiger partial charge >= 0.3 is 11.7 Å². The number of benzene rings is 1. The first-order valence-electron chi connectivity index (χ1n) is 13.3. The Morgan fingerprint density at radius 2 is 1.71 bits per heavy atom. The lowest BCUT2D eigenvalue weighted by molar-refractivity contribution is -0.137. The smallest absolute Gasteiger partial charge is 0.338 e. The Hall–Kier alpha value is -3.28. The van der Waals surface area contributed by atoms with E-state index in [9.17, 15) is 14.4 Å². The molecule has 2 heterocycles. The van der Waals surface area contributed by atoms with Crippen LogP contribution in [0.4, 0.5) is 10.6 Å². The highest BCUT2D eigenvalue weighted by Crippen LogP contribution is 2.19. The zero-order valence-electron chi connectivity index (χ0n) is 22.6. The van der Waals surface area contributed by atoms with Crippen molar-refractivity contribution < 1.29 is 9.59 Å². The first kappa shape index (κ1) is 27.7. The molecule has 206 valence electrons. The van der Waals surface area contributed by atoms with Gasteiger partial charge in [-0.2, -0.15) is 4.98 Å². The van der Waals surface area contributed by atoms with Gasteiger partial charge in [0.2, 0.25) is 5.91 Å². The third-order valence-corrected chi connectivity index (χ3v) is 7.40. The number of piperazine rings is 1. The lowest BCUT2D eigenvalue weighted by Gasteiger charge is -2.37. The molecule has 1 saturated carbocycles. The topological polar surface area (TPSA) is 152 Å². The molecule has 3 amide bonds. The van der Waals surface area contributed by atoms with Gasteiger partial charge < -0.3 is 26.6 Å². The van der Waals surface area contributed by atoms with Gasteiger partial charge in [-0.15, -0.1) is 0 Å². The summed E-state index contributed by atoms with van der Waals surface area (Å²) in [6.07, 6.45) is 5.94. The second kappa shape index (κ2) is 11.6. The van der Waals surface area contributed by atoms with Gasteiger partial charge in [0.25, 0.3) is 0 Å². The summed E-state index contributed by atoms with van der Waals surface area (Å²) in [6, 6.07) is 7.98. The molecule has 1 saturated heterocycles. The first-order valence-corrected chi connectivity index (χ1v) is 13.3. The fraction of sp³-hybridized carbons (Fsp3) is 0.556. The molecule has 1 aromatic heterocycles. The fourth-order valence-electron chi connectivity index (χ4n) is 4.98. The molecule has 0 radical (unpaired) electrons. The van der Waals surface area contributed by atoms with Crippen LogP contribution >= 0.6 is 0 Å². The van der Waals surface area contributed by atoms with Crippen LogP contribution in [0.25, 0.3) is 5.69 Å². The van der Waals surface area contributed by atoms with Crippen LogP contribution in [0.1, 0.15) is 50.7 Å². The van der Waals surface area contributed by atoms with Crippen LogP contribution in [0, 0.1) is 6.92 Å². The predicted molar refractivity (Wildman–Crippen MR) is 147 cm³/mol. The van der Waals surface area contributed by atoms with E-state index >= 15 is 0 Å². The van der Waals surface area contributed by atoms with E-state index in [0.29, 0.717) is 44.0 Å². The van der Waals surface area contributed by atoms with Crippen LogP contribution in [0.2, 0.25) is 0 Å². The van der Waals surface area contributed by atoms with Crippen LogP contribution in [0.5, 0.6) is 0 Å². The SMILES string of the molecule is Cc1cc(-n2ccc(NC(=O)N3CCN(C(=O)C(C)(C)N)CC3)nc2=O)ccc1CN[C@H]1CC[C@H](N)CC1. The summed E-state index contributed by atoms with van der Waals surface area (Å²) in [4.78, 5) is 45.2. The number of carbonyl (C=O) groups is 2. The highest BCUT2D eigenvalue weighted by molar-refractivity contribution is 5.89. The molecule has 38 heavy (non-hydrogen) atoms. The average molecular weight is 525 g/mol. The molecule has 2 fully saturated rings. The zero-order valence-corrected chi connectivity index (χ0v) is 22.6. The number of nitrogens with one attached hydrogen (secondary N) is 2. The monoisotopic (exact) mass is 524 g/mol. The van der Waals surface area contributed by atoms with Crippen molar-refractivity contribution in [1.29, 1.82) is 0 Å². The fourth-order valence-corrected chi connectivity index (χ4v) is 4.98. The number of amides is 3. The molecule has 6 N–H and O–H groups in total. The molecule has 0 unspecified atom stereocenters. The summed E-state index contributed by atoms with van der Waals surface area (Å²) in [7, 11) is 0. The van der Waals surface area contributed by atoms with Crippen molar-refractivity contribution in [2.75, 3.05) is 31.5 Å². The molecule has 1 aliphatic heterocycles. The van der Waals surface area contributed by atoms with Crippen molar-refractivity contribution in [1.82, 2.24) is 24.7 Å². The van der Waals surface area contributed by atoms with E-state index in [4.69, 9.17) is 11.5 Å². The van der Waals surface area contributed by atoms with Crippen LogP contribution in [0.15, 0.2) is 35.3 Å². The van der Waals surface area contributed by atoms with Gasteiger partial charge in [-0.1, -0.05) is 6.07 Å². The van der Waals surface area contributed by atoms with Gasteiger partial charge in [0.15, 0.2) is 0 Å². The molecule has 0 spiro atoms. The predicted octanol–water partition coefficient (Wildman–Crippen LogP) is 1.31. The Bertz CT molecular complexity index is 1210. The minimum atomic E-state index is -0.946. The number of urea groups is 1. The molecular weight excluding hydrogens is 484 g/mol. The number of rotatable bonds is 6. The van der Waals surface area contributed by atoms with Crippen molar-refractivity contribution >= 4 is 17.8 Å². The normalized spacial score (nSPS) is 20.3. The quantitative estimate of drug-likeness (QED) is 0.445. The van der Waals surface area contributed by atoms with E-state index in [2.05, 4.69) is 15.6 Å². The minimum Gasteiger partial charge on any atom is -0.338 e. The summed E-state index contributed by atoms with van der Waals surface area (Å²) in [5.41, 5.74) is 13.5. The zero-order chi connectivity index (χ0) is 27.4. The van der Waals surface area contributed by atoms with E-state index in [1.807, 2.05) is 25.1 Å². The van der Waals surface area contributed by atoms with Gasteiger partial charge in [0.1, 0.15) is 5.82 Å². The molecule has 0 atom stereocenters. The molecule has 11 nitrogen and oxygen atoms in total. The van der Waals surface area contributed by atoms with E-state index in [-0.39, 0.29) is 17.8 Å². The Kier molecular flexibility index (Phi) is 8.49. The molecule has 4 rings (SSSR count). The average Bonchev–Trinajstić information content (AvgIpc) is 2.88. The molecule has 2 aromatic rings. The highest BCUT2D eigenvalue weighted by atomic mass is 16.2. The maximum atomic E-state index is 12.8. The molecule has 1 aliphatic carbocycles. The number of aromatic nitrogens is 2. The van der Waals surface area contributed by atoms with Crippen LogP contribution in [0.3, 0.4) is 0 Å². The van der Waals surface area contributed by atoms with E-state index < -0.39 is 11.2 Å². The number of hydrogen-bond acceptors (Lipinski definition) is 7. The maximum Gasteiger partial charge on any atom is 0.354 e. The Labute approximate surface area is 223 Å². The number of hydrogen-bond donors (Lipinski definition) is 4. The van der Waals surface area contributed by atoms with Crippen molar-refractivity contribution in [3.63, 3.8) is 0 Å². The Morgan fingerprint density at radius 3 is 2.32 bits per heavy atom. The van der Waals surface area contributed by atoms with Crippen LogP contribution in [-0.2, 0) is 11.3 Å². The van der Waals surface area contributed by atoms with E-state index in [0.717, 1.165) is 37.8 Å². The number of anilines is 1. The summed E-state index contributed by atoms with van der Waals surface area (Å²) in [5, 5.41) is 6.33. The summed E-state index contributed by atoms with van der Waals surface area (Å²) in [5.74, 6) is 0.0411. The maximum absolute atomic E-state index is 12.8. The summed E-state index contributed by atoms with van der Waals surface area (Å²) < 4.78 is 1.46. The molecule has 11 heteroatoms. The largest absolute Gasteiger partial charge is 0.354 e. The molecule has 1 aromatic carbocycles. The van der Waals surface area contributed by atoms with Gasteiger partial charge in [0.05, 0.1) is 11.2 Å². The van der Waals surface area contributed by atoms with Crippen LogP contribution in [-0.4, -0.2) is 75.1 Å². The molecule has 2 aliphatic rings. The van der Waals surface area contributed by atoms with Crippen LogP contribution < -0.4 is 27.8 Å². The molecular formula is C27H40N8O3. The first-order chi connectivity index (χ1) is 18.0. The Balaban J connectivity index is 1.33. The number of nitrogens with two attached hydrogens (primary N) is 2. The summed E-state index contributed by atoms with van der Waals surface area (Å²) >= 11 is 0. The lowest BCUT2D eigenvalue weighted by Crippen LogP contribution is -2.58. The third kappa shape index (κ3) is 6.77. The van der Waals surface area contributed by atoms with E-state index in [1.54, 1.807) is 35.9 Å². The van der Waals surface area contributed by atoms with Gasteiger partial charge in [-0.3, -0.25) is 14.7 Å². The van der Waals surface area contributed by atoms with Gasteiger partial charge in [0, 0.05) is 51.0 Å². The standard InChI is InChI=1S/C27H40N8O3/c1-18-16-22(9-4-19(18)17-30-21-7-5-20(28)6-8-21)35-11-10-23(32-26(35)38)31-25(37)34-14-12-33(13-15-34)24(36)27(2,3)29/h4,9-11,16,20-21,30H,5-8,12-15,17,28-29H2,1-3H3,(H,31,32,37,38)/t20-,21-. The summed E-state index contributed by atoms with van der Waals surface area (Å²) in [6.45, 7) is 7.71. The number of carbonyl (C=O) groups excluding carboxylic acids is 2. The van der Waals surface area contributed by atoms with Crippen molar-refractivity contribution in [2.45, 2.75) is 70.6 Å². The number of nitrogens with zero attached hydrogens (tertiary/aromatic N) is 4. The van der Waals surface area contributed by atoms with Gasteiger partial charge in [-0.25, -0.2) is 9.59 Å². The number of aryl methyl sites for hydroxylation is 1. The Morgan fingerprint density at radius 1 is 1.05 bits per heavy atom. The highest BCUT2D eigenvalue weighted by Gasteiger charge is 2.31. The van der Waals surface area contributed by atoms with Crippen molar-refractivity contribution in [3.8, 4) is 5.69 Å². The van der Waals surface area contributed by atoms with Crippen molar-refractivity contribution in [3.05, 3.63) is 52.1 Å². The lowest BCUT2D eigenvalue weighted by atomic mass is 9.91. The molecule has 0 bridgehead atoms. The third-order valence-electron chi connectivity index (χ3n) is 7.40. The second-order valence-electron chi connectivity index (χ2n) is 11.0. The van der Waals surface area contributed by atoms with Crippen molar-refractivity contribution in [2.24, 2.45) is 11.5 Å². The minimum absolute atomic E-state index is 0.142. The van der Waals surface area contributed by atoms with Gasteiger partial charge in [-0.05, 0) is 75.8 Å². The second-order valence-corrected chi connectivity index (χ2v) is 11.0. The van der Waals surface area contributed by atoms with E-state index in [1.165, 1.54) is 10.1 Å².